The third-order valence-corrected chi connectivity index (χ3v) is 1.30. The van der Waals surface area contributed by atoms with E-state index in [4.69, 9.17) is 15.2 Å². The van der Waals surface area contributed by atoms with Gasteiger partial charge in [0.25, 0.3) is 0 Å². The third-order valence-electron chi connectivity index (χ3n) is 1.30. The van der Waals surface area contributed by atoms with Gasteiger partial charge < -0.3 is 19.9 Å². The molecule has 0 aliphatic carbocycles. The third kappa shape index (κ3) is 3.20. The summed E-state index contributed by atoms with van der Waals surface area (Å²) in [6, 6.07) is 0. The second kappa shape index (κ2) is 4.15. The van der Waals surface area contributed by atoms with Crippen LogP contribution in [0.1, 0.15) is 0 Å². The molecule has 1 atom stereocenters. The van der Waals surface area contributed by atoms with E-state index in [-0.39, 0.29) is 12.7 Å². The first-order chi connectivity index (χ1) is 5.29. The molecule has 0 aromatic heterocycles. The fraction of sp³-hybridized carbons (Fsp3) is 0.833. The number of ether oxygens (including phenoxy) is 3. The SMILES string of the molecule is NC(=O)OCC1COCCO1. The Bertz CT molecular complexity index is 133. The van der Waals surface area contributed by atoms with Crippen molar-refractivity contribution in [1.82, 2.24) is 0 Å². The van der Waals surface area contributed by atoms with Gasteiger partial charge in [-0.05, 0) is 0 Å². The summed E-state index contributed by atoms with van der Waals surface area (Å²) < 4.78 is 14.7. The Balaban J connectivity index is 2.09. The molecular formula is C6H11NO4. The highest BCUT2D eigenvalue weighted by Gasteiger charge is 2.15. The van der Waals surface area contributed by atoms with Gasteiger partial charge >= 0.3 is 6.09 Å². The van der Waals surface area contributed by atoms with Gasteiger partial charge in [0.1, 0.15) is 12.7 Å². The first kappa shape index (κ1) is 8.29. The van der Waals surface area contributed by atoms with Gasteiger partial charge in [0, 0.05) is 0 Å². The minimum atomic E-state index is -0.779. The summed E-state index contributed by atoms with van der Waals surface area (Å²) in [5, 5.41) is 0. The standard InChI is InChI=1S/C6H11NO4/c7-6(8)11-4-5-3-9-1-2-10-5/h5H,1-4H2,(H2,7,8). The number of primary amides is 1. The predicted molar refractivity (Wildman–Crippen MR) is 36.1 cm³/mol. The maximum atomic E-state index is 10.1. The molecule has 11 heavy (non-hydrogen) atoms. The lowest BCUT2D eigenvalue weighted by atomic mass is 10.4. The van der Waals surface area contributed by atoms with Crippen LogP contribution in [0.3, 0.4) is 0 Å². The zero-order valence-corrected chi connectivity index (χ0v) is 6.12. The van der Waals surface area contributed by atoms with Crippen molar-refractivity contribution in [2.24, 2.45) is 5.73 Å². The molecule has 1 saturated heterocycles. The molecule has 5 nitrogen and oxygen atoms in total. The minimum absolute atomic E-state index is 0.156. The lowest BCUT2D eigenvalue weighted by Gasteiger charge is -2.21. The van der Waals surface area contributed by atoms with Crippen LogP contribution < -0.4 is 5.73 Å². The summed E-state index contributed by atoms with van der Waals surface area (Å²) in [6.07, 6.45) is -0.935. The van der Waals surface area contributed by atoms with Gasteiger partial charge in [0.2, 0.25) is 0 Å². The normalized spacial score (nSPS) is 24.5. The van der Waals surface area contributed by atoms with Gasteiger partial charge in [-0.1, -0.05) is 0 Å². The van der Waals surface area contributed by atoms with E-state index in [1.807, 2.05) is 0 Å². The van der Waals surface area contributed by atoms with Gasteiger partial charge in [-0.15, -0.1) is 0 Å². The van der Waals surface area contributed by atoms with Gasteiger partial charge in [-0.3, -0.25) is 0 Å². The Morgan fingerprint density at radius 1 is 1.64 bits per heavy atom. The smallest absolute Gasteiger partial charge is 0.404 e. The molecule has 1 aliphatic rings. The van der Waals surface area contributed by atoms with E-state index < -0.39 is 6.09 Å². The van der Waals surface area contributed by atoms with Gasteiger partial charge in [0.15, 0.2) is 0 Å². The van der Waals surface area contributed by atoms with Crippen LogP contribution in [0.5, 0.6) is 0 Å². The van der Waals surface area contributed by atoms with Gasteiger partial charge in [-0.25, -0.2) is 4.79 Å². The van der Waals surface area contributed by atoms with Crippen LogP contribution in [0.25, 0.3) is 0 Å². The van der Waals surface area contributed by atoms with Crippen LogP contribution in [0.15, 0.2) is 0 Å². The number of rotatable bonds is 2. The second-order valence-corrected chi connectivity index (χ2v) is 2.20. The molecule has 0 radical (unpaired) electrons. The summed E-state index contributed by atoms with van der Waals surface area (Å²) in [4.78, 5) is 10.1. The molecule has 0 aromatic carbocycles. The molecular weight excluding hydrogens is 150 g/mol. The fourth-order valence-electron chi connectivity index (χ4n) is 0.808. The topological polar surface area (TPSA) is 70.8 Å². The average molecular weight is 161 g/mol. The zero-order valence-electron chi connectivity index (χ0n) is 6.12. The number of hydrogen-bond donors (Lipinski definition) is 1. The van der Waals surface area contributed by atoms with E-state index in [2.05, 4.69) is 4.74 Å². The molecule has 1 heterocycles. The van der Waals surface area contributed by atoms with Crippen LogP contribution in [0.4, 0.5) is 4.79 Å². The predicted octanol–water partition coefficient (Wildman–Crippen LogP) is -0.503. The van der Waals surface area contributed by atoms with E-state index in [1.165, 1.54) is 0 Å². The monoisotopic (exact) mass is 161 g/mol. The molecule has 0 aromatic rings. The largest absolute Gasteiger partial charge is 0.447 e. The number of nitrogens with two attached hydrogens (primary N) is 1. The Labute approximate surface area is 64.4 Å². The molecule has 1 aliphatic heterocycles. The summed E-state index contributed by atoms with van der Waals surface area (Å²) in [6.45, 7) is 1.79. The van der Waals surface area contributed by atoms with Crippen molar-refractivity contribution in [3.8, 4) is 0 Å². The zero-order chi connectivity index (χ0) is 8.10. The number of carbonyl (C=O) groups is 1. The Hall–Kier alpha value is -0.810. The summed E-state index contributed by atoms with van der Waals surface area (Å²) in [7, 11) is 0. The van der Waals surface area contributed by atoms with Crippen molar-refractivity contribution in [2.75, 3.05) is 26.4 Å². The van der Waals surface area contributed by atoms with Crippen molar-refractivity contribution in [3.63, 3.8) is 0 Å². The van der Waals surface area contributed by atoms with E-state index in [1.54, 1.807) is 0 Å². The molecule has 0 saturated carbocycles. The highest BCUT2D eigenvalue weighted by Crippen LogP contribution is 2.00. The van der Waals surface area contributed by atoms with E-state index in [9.17, 15) is 4.79 Å². The lowest BCUT2D eigenvalue weighted by molar-refractivity contribution is -0.105. The van der Waals surface area contributed by atoms with Crippen molar-refractivity contribution < 1.29 is 19.0 Å². The molecule has 0 spiro atoms. The van der Waals surface area contributed by atoms with Crippen LogP contribution >= 0.6 is 0 Å². The van der Waals surface area contributed by atoms with Crippen molar-refractivity contribution >= 4 is 6.09 Å². The molecule has 0 bridgehead atoms. The number of hydrogen-bond acceptors (Lipinski definition) is 4. The van der Waals surface area contributed by atoms with E-state index in [0.717, 1.165) is 0 Å². The molecule has 1 rings (SSSR count). The Morgan fingerprint density at radius 2 is 2.45 bits per heavy atom. The molecule has 5 heteroatoms. The minimum Gasteiger partial charge on any atom is -0.447 e. The van der Waals surface area contributed by atoms with Crippen molar-refractivity contribution in [2.45, 2.75) is 6.10 Å². The van der Waals surface area contributed by atoms with E-state index in [0.29, 0.717) is 19.8 Å². The fourth-order valence-corrected chi connectivity index (χ4v) is 0.808. The van der Waals surface area contributed by atoms with Crippen molar-refractivity contribution in [3.05, 3.63) is 0 Å². The summed E-state index contributed by atoms with van der Waals surface area (Å²) in [5.74, 6) is 0. The molecule has 1 unspecified atom stereocenters. The number of amides is 1. The molecule has 1 fully saturated rings. The van der Waals surface area contributed by atoms with Crippen LogP contribution in [-0.4, -0.2) is 38.6 Å². The molecule has 1 amide bonds. The molecule has 64 valence electrons. The van der Waals surface area contributed by atoms with Gasteiger partial charge in [0.05, 0.1) is 19.8 Å². The van der Waals surface area contributed by atoms with Crippen LogP contribution in [-0.2, 0) is 14.2 Å². The first-order valence-corrected chi connectivity index (χ1v) is 3.40. The van der Waals surface area contributed by atoms with Crippen molar-refractivity contribution in [1.29, 1.82) is 0 Å². The van der Waals surface area contributed by atoms with Crippen LogP contribution in [0.2, 0.25) is 0 Å². The quantitative estimate of drug-likeness (QED) is 0.592. The highest BCUT2D eigenvalue weighted by atomic mass is 16.6. The maximum absolute atomic E-state index is 10.1. The second-order valence-electron chi connectivity index (χ2n) is 2.20. The maximum Gasteiger partial charge on any atom is 0.404 e. The number of carbonyl (C=O) groups excluding carboxylic acids is 1. The van der Waals surface area contributed by atoms with Gasteiger partial charge in [-0.2, -0.15) is 0 Å². The Kier molecular flexibility index (Phi) is 3.13. The first-order valence-electron chi connectivity index (χ1n) is 3.40. The highest BCUT2D eigenvalue weighted by molar-refractivity contribution is 5.64. The molecule has 2 N–H and O–H groups in total. The lowest BCUT2D eigenvalue weighted by Crippen LogP contribution is -2.34. The van der Waals surface area contributed by atoms with E-state index >= 15 is 0 Å². The van der Waals surface area contributed by atoms with Crippen LogP contribution in [0, 0.1) is 0 Å². The Morgan fingerprint density at radius 3 is 3.00 bits per heavy atom. The summed E-state index contributed by atoms with van der Waals surface area (Å²) in [5.41, 5.74) is 4.75. The average Bonchev–Trinajstić information content (AvgIpc) is 2.03. The summed E-state index contributed by atoms with van der Waals surface area (Å²) >= 11 is 0.